The summed E-state index contributed by atoms with van der Waals surface area (Å²) in [7, 11) is 0. The fourth-order valence-electron chi connectivity index (χ4n) is 8.17. The smallest absolute Gasteiger partial charge is 0.264 e. The maximum Gasteiger partial charge on any atom is 0.264 e. The average molecular weight is 769 g/mol. The van der Waals surface area contributed by atoms with Gasteiger partial charge in [0.2, 0.25) is 11.8 Å². The Kier molecular flexibility index (Phi) is 10.7. The molecule has 3 aliphatic heterocycles. The zero-order chi connectivity index (χ0) is 39.5. The van der Waals surface area contributed by atoms with Gasteiger partial charge < -0.3 is 16.4 Å². The minimum Gasteiger partial charge on any atom is -0.384 e. The summed E-state index contributed by atoms with van der Waals surface area (Å²) < 4.78 is 2.06. The largest absolute Gasteiger partial charge is 0.384 e. The molecule has 2 aromatic carbocycles. The summed E-state index contributed by atoms with van der Waals surface area (Å²) in [4.78, 5) is 80.7. The van der Waals surface area contributed by atoms with Crippen LogP contribution in [0.1, 0.15) is 101 Å². The van der Waals surface area contributed by atoms with E-state index in [0.717, 1.165) is 85.5 Å². The number of unbranched alkanes of at least 4 members (excludes halogenated alkanes) is 4. The van der Waals surface area contributed by atoms with E-state index in [2.05, 4.69) is 35.2 Å². The number of rotatable bonds is 14. The van der Waals surface area contributed by atoms with Crippen molar-refractivity contribution in [2.24, 2.45) is 0 Å². The standard InChI is InChI=1S/C42H44N10O5/c43-37-36-35(26-14-16-27(17-15-26)39(54)47-32-13-4-6-21-45-32)49-38(51(36)25-22-46-37)30-12-9-24-50(30)23-7-3-1-2-5-20-44-29-11-8-10-28-34(29)42(57)52(41(28)56)31-18-19-33(53)48-40(31)55/h4,6,8,10-11,13-17,21-22,25,30-31,44H,1-3,5,7,9,12,18-20,23-24H2,(H2,43,46)(H,45,47,54)(H,48,53,55)/t30-,31?/m0/s1. The highest BCUT2D eigenvalue weighted by atomic mass is 16.2. The molecule has 6 heterocycles. The Morgan fingerprint density at radius 2 is 1.68 bits per heavy atom. The molecule has 2 saturated heterocycles. The maximum atomic E-state index is 13.4. The second kappa shape index (κ2) is 16.3. The monoisotopic (exact) mass is 768 g/mol. The summed E-state index contributed by atoms with van der Waals surface area (Å²) in [6.07, 6.45) is 12.6. The molecule has 3 aromatic heterocycles. The summed E-state index contributed by atoms with van der Waals surface area (Å²) in [6, 6.07) is 16.9. The van der Waals surface area contributed by atoms with Crippen molar-refractivity contribution in [3.63, 3.8) is 0 Å². The van der Waals surface area contributed by atoms with Gasteiger partial charge in [0.25, 0.3) is 17.7 Å². The number of aromatic nitrogens is 4. The van der Waals surface area contributed by atoms with Gasteiger partial charge in [0, 0.05) is 48.4 Å². The van der Waals surface area contributed by atoms with Gasteiger partial charge in [-0.05, 0) is 81.6 Å². The first-order chi connectivity index (χ1) is 27.8. The molecule has 1 unspecified atom stereocenters. The first kappa shape index (κ1) is 37.4. The van der Waals surface area contributed by atoms with Crippen LogP contribution in [0.3, 0.4) is 0 Å². The van der Waals surface area contributed by atoms with Crippen LogP contribution in [0.25, 0.3) is 16.8 Å². The zero-order valence-corrected chi connectivity index (χ0v) is 31.4. The summed E-state index contributed by atoms with van der Waals surface area (Å²) >= 11 is 0. The molecule has 15 heteroatoms. The average Bonchev–Trinajstić information content (AvgIpc) is 3.91. The van der Waals surface area contributed by atoms with Gasteiger partial charge in [-0.15, -0.1) is 0 Å². The van der Waals surface area contributed by atoms with Crippen molar-refractivity contribution in [2.45, 2.75) is 69.9 Å². The molecule has 2 fully saturated rings. The number of nitrogens with two attached hydrogens (primary N) is 1. The van der Waals surface area contributed by atoms with Crippen LogP contribution >= 0.6 is 0 Å². The number of hydrogen-bond acceptors (Lipinski definition) is 11. The van der Waals surface area contributed by atoms with Crippen molar-refractivity contribution >= 4 is 52.4 Å². The van der Waals surface area contributed by atoms with Crippen molar-refractivity contribution in [2.75, 3.05) is 36.0 Å². The fraction of sp³-hybridized carbons (Fsp3) is 0.333. The Balaban J connectivity index is 0.837. The highest BCUT2D eigenvalue weighted by Crippen LogP contribution is 2.37. The lowest BCUT2D eigenvalue weighted by molar-refractivity contribution is -0.136. The topological polar surface area (TPSA) is 197 Å². The lowest BCUT2D eigenvalue weighted by atomic mass is 10.0. The number of likely N-dealkylation sites (tertiary alicyclic amines) is 1. The molecule has 5 amide bonds. The lowest BCUT2D eigenvalue weighted by Crippen LogP contribution is -2.54. The van der Waals surface area contributed by atoms with Crippen molar-refractivity contribution in [3.05, 3.63) is 102 Å². The Labute approximate surface area is 329 Å². The van der Waals surface area contributed by atoms with E-state index in [4.69, 9.17) is 10.7 Å². The summed E-state index contributed by atoms with van der Waals surface area (Å²) in [5.41, 5.74) is 10.4. The molecule has 3 aliphatic rings. The number of fused-ring (bicyclic) bond motifs is 2. The number of nitrogens with zero attached hydrogens (tertiary/aromatic N) is 6. The minimum absolute atomic E-state index is 0.0816. The predicted octanol–water partition coefficient (Wildman–Crippen LogP) is 5.23. The van der Waals surface area contributed by atoms with Crippen molar-refractivity contribution in [3.8, 4) is 11.3 Å². The van der Waals surface area contributed by atoms with Gasteiger partial charge in [-0.1, -0.05) is 43.5 Å². The molecule has 0 bridgehead atoms. The van der Waals surface area contributed by atoms with Gasteiger partial charge >= 0.3 is 0 Å². The molecule has 0 saturated carbocycles. The highest BCUT2D eigenvalue weighted by Gasteiger charge is 2.45. The van der Waals surface area contributed by atoms with Gasteiger partial charge in [0.1, 0.15) is 34.7 Å². The van der Waals surface area contributed by atoms with E-state index in [1.165, 1.54) is 0 Å². The molecule has 57 heavy (non-hydrogen) atoms. The van der Waals surface area contributed by atoms with E-state index < -0.39 is 29.7 Å². The van der Waals surface area contributed by atoms with Crippen LogP contribution in [-0.4, -0.2) is 84.4 Å². The van der Waals surface area contributed by atoms with E-state index in [0.29, 0.717) is 29.4 Å². The number of hydrogen-bond donors (Lipinski definition) is 4. The molecular formula is C42H44N10O5. The van der Waals surface area contributed by atoms with Gasteiger partial charge in [-0.25, -0.2) is 15.0 Å². The van der Waals surface area contributed by atoms with Crippen molar-refractivity contribution in [1.82, 2.24) is 34.5 Å². The highest BCUT2D eigenvalue weighted by molar-refractivity contribution is 6.25. The van der Waals surface area contributed by atoms with Crippen molar-refractivity contribution in [1.29, 1.82) is 0 Å². The Morgan fingerprint density at radius 1 is 0.860 bits per heavy atom. The third-order valence-corrected chi connectivity index (χ3v) is 11.0. The Morgan fingerprint density at radius 3 is 2.49 bits per heavy atom. The number of carbonyl (C=O) groups is 5. The Bertz CT molecular complexity index is 2340. The van der Waals surface area contributed by atoms with Crippen LogP contribution < -0.4 is 21.7 Å². The number of anilines is 3. The second-order valence-corrected chi connectivity index (χ2v) is 14.7. The van der Waals surface area contributed by atoms with Gasteiger partial charge in [-0.2, -0.15) is 0 Å². The van der Waals surface area contributed by atoms with E-state index in [1.54, 1.807) is 54.9 Å². The number of nitrogens with one attached hydrogen (secondary N) is 3. The molecular weight excluding hydrogens is 725 g/mol. The lowest BCUT2D eigenvalue weighted by Gasteiger charge is -2.27. The van der Waals surface area contributed by atoms with E-state index in [-0.39, 0.29) is 35.9 Å². The molecule has 292 valence electrons. The van der Waals surface area contributed by atoms with Gasteiger partial charge in [0.05, 0.1) is 17.2 Å². The van der Waals surface area contributed by atoms with Crippen LogP contribution in [0.5, 0.6) is 0 Å². The summed E-state index contributed by atoms with van der Waals surface area (Å²) in [6.45, 7) is 2.58. The molecule has 0 spiro atoms. The zero-order valence-electron chi connectivity index (χ0n) is 31.4. The van der Waals surface area contributed by atoms with E-state index >= 15 is 0 Å². The molecule has 5 aromatic rings. The first-order valence-corrected chi connectivity index (χ1v) is 19.6. The molecule has 0 aliphatic carbocycles. The molecule has 8 rings (SSSR count). The third kappa shape index (κ3) is 7.57. The second-order valence-electron chi connectivity index (χ2n) is 14.7. The molecule has 5 N–H and O–H groups in total. The van der Waals surface area contributed by atoms with Gasteiger partial charge in [0.15, 0.2) is 0 Å². The van der Waals surface area contributed by atoms with Crippen LogP contribution in [0, 0.1) is 0 Å². The van der Waals surface area contributed by atoms with Crippen LogP contribution in [0.2, 0.25) is 0 Å². The number of pyridine rings is 1. The van der Waals surface area contributed by atoms with Crippen molar-refractivity contribution < 1.29 is 24.0 Å². The third-order valence-electron chi connectivity index (χ3n) is 11.0. The van der Waals surface area contributed by atoms with Crippen LogP contribution in [0.15, 0.2) is 79.3 Å². The minimum atomic E-state index is -0.990. The number of benzene rings is 2. The SMILES string of the molecule is Nc1nccn2c([C@@H]3CCCN3CCCCCCCNc3cccc4c3C(=O)N(C3CCC(=O)NC3=O)C4=O)nc(-c3ccc(C(=O)Nc4ccccn4)cc3)c12. The summed E-state index contributed by atoms with van der Waals surface area (Å²) in [5, 5.41) is 8.40. The molecule has 0 radical (unpaired) electrons. The van der Waals surface area contributed by atoms with E-state index in [1.807, 2.05) is 24.4 Å². The van der Waals surface area contributed by atoms with Gasteiger partial charge in [-0.3, -0.25) is 43.5 Å². The molecule has 2 atom stereocenters. The number of imide groups is 2. The predicted molar refractivity (Wildman–Crippen MR) is 213 cm³/mol. The summed E-state index contributed by atoms with van der Waals surface area (Å²) in [5.74, 6) is -0.469. The maximum absolute atomic E-state index is 13.4. The quantitative estimate of drug-likeness (QED) is 0.0853. The van der Waals surface area contributed by atoms with Crippen LogP contribution in [0.4, 0.5) is 17.3 Å². The normalized spacial score (nSPS) is 18.3. The number of nitrogen functional groups attached to an aromatic ring is 1. The first-order valence-electron chi connectivity index (χ1n) is 19.6. The van der Waals surface area contributed by atoms with E-state index in [9.17, 15) is 24.0 Å². The Hall–Kier alpha value is -6.48. The number of amides is 5. The number of carbonyl (C=O) groups excluding carboxylic acids is 5. The van der Waals surface area contributed by atoms with Crippen LogP contribution in [-0.2, 0) is 9.59 Å². The number of piperidine rings is 1. The molecule has 15 nitrogen and oxygen atoms in total. The fourth-order valence-corrected chi connectivity index (χ4v) is 8.17. The number of imidazole rings is 1.